The smallest absolute Gasteiger partial charge is 0.384 e. The van der Waals surface area contributed by atoms with E-state index in [0.29, 0.717) is 0 Å². The van der Waals surface area contributed by atoms with Crippen molar-refractivity contribution in [2.45, 2.75) is 33.0 Å². The minimum absolute atomic E-state index is 0.0350. The maximum atomic E-state index is 12.2. The van der Waals surface area contributed by atoms with Crippen molar-refractivity contribution < 1.29 is 18.0 Å². The highest BCUT2D eigenvalue weighted by atomic mass is 19.4. The maximum Gasteiger partial charge on any atom is 0.470 e. The van der Waals surface area contributed by atoms with Gasteiger partial charge in [0.25, 0.3) is 0 Å². The first kappa shape index (κ1) is 13.2. The number of halogens is 3. The van der Waals surface area contributed by atoms with Crippen LogP contribution in [0.25, 0.3) is 0 Å². The van der Waals surface area contributed by atoms with Crippen LogP contribution in [0.2, 0.25) is 0 Å². The van der Waals surface area contributed by atoms with E-state index in [1.165, 1.54) is 7.05 Å². The lowest BCUT2D eigenvalue weighted by molar-refractivity contribution is -0.0844. The van der Waals surface area contributed by atoms with Gasteiger partial charge in [0.15, 0.2) is 0 Å². The van der Waals surface area contributed by atoms with Gasteiger partial charge in [-0.05, 0) is 12.8 Å². The highest BCUT2D eigenvalue weighted by Crippen LogP contribution is 2.19. The Hall–Kier alpha value is -0.780. The summed E-state index contributed by atoms with van der Waals surface area (Å²) in [5.41, 5.74) is 1.97. The fraction of sp³-hybridized carbons (Fsp3) is 0.875. The Morgan fingerprint density at radius 3 is 2.07 bits per heavy atom. The fourth-order valence-electron chi connectivity index (χ4n) is 0.588. The van der Waals surface area contributed by atoms with Gasteiger partial charge in [-0.1, -0.05) is 13.8 Å². The summed E-state index contributed by atoms with van der Waals surface area (Å²) in [4.78, 5) is 7.65. The second-order valence-corrected chi connectivity index (χ2v) is 3.22. The first-order chi connectivity index (χ1) is 6.29. The summed E-state index contributed by atoms with van der Waals surface area (Å²) in [6, 6.07) is -0.431. The SMILES string of the molecule is CNOC(=NC(C)C(C)C)C(F)(F)F. The molecule has 84 valence electrons. The molecule has 1 atom stereocenters. The van der Waals surface area contributed by atoms with Gasteiger partial charge in [0.05, 0.1) is 6.04 Å². The van der Waals surface area contributed by atoms with Gasteiger partial charge < -0.3 is 4.84 Å². The topological polar surface area (TPSA) is 33.6 Å². The molecular formula is C8H15F3N2O. The summed E-state index contributed by atoms with van der Waals surface area (Å²) in [6.07, 6.45) is -4.55. The molecule has 14 heavy (non-hydrogen) atoms. The van der Waals surface area contributed by atoms with Crippen LogP contribution in [0.15, 0.2) is 4.99 Å². The van der Waals surface area contributed by atoms with Gasteiger partial charge in [0.2, 0.25) is 0 Å². The summed E-state index contributed by atoms with van der Waals surface area (Å²) in [7, 11) is 1.25. The molecule has 0 radical (unpaired) electrons. The number of nitrogens with zero attached hydrogens (tertiary/aromatic N) is 1. The van der Waals surface area contributed by atoms with E-state index < -0.39 is 18.1 Å². The lowest BCUT2D eigenvalue weighted by Crippen LogP contribution is -2.32. The summed E-state index contributed by atoms with van der Waals surface area (Å²) in [5.74, 6) is -1.20. The quantitative estimate of drug-likeness (QED) is 0.441. The molecule has 1 unspecified atom stereocenters. The molecule has 0 aliphatic carbocycles. The molecule has 0 aromatic carbocycles. The van der Waals surface area contributed by atoms with Crippen LogP contribution in [0.3, 0.4) is 0 Å². The van der Waals surface area contributed by atoms with Gasteiger partial charge in [0, 0.05) is 7.05 Å². The minimum Gasteiger partial charge on any atom is -0.384 e. The van der Waals surface area contributed by atoms with Crippen molar-refractivity contribution in [3.05, 3.63) is 0 Å². The molecule has 0 rings (SSSR count). The van der Waals surface area contributed by atoms with E-state index in [1.54, 1.807) is 20.8 Å². The van der Waals surface area contributed by atoms with Crippen molar-refractivity contribution in [1.29, 1.82) is 0 Å². The molecule has 0 fully saturated rings. The van der Waals surface area contributed by atoms with Gasteiger partial charge in [-0.15, -0.1) is 0 Å². The summed E-state index contributed by atoms with van der Waals surface area (Å²) < 4.78 is 36.7. The Morgan fingerprint density at radius 1 is 1.29 bits per heavy atom. The van der Waals surface area contributed by atoms with Gasteiger partial charge in [0.1, 0.15) is 0 Å². The highest BCUT2D eigenvalue weighted by molar-refractivity contribution is 5.81. The van der Waals surface area contributed by atoms with Crippen LogP contribution in [0, 0.1) is 5.92 Å². The molecule has 0 spiro atoms. The standard InChI is InChI=1S/C8H15F3N2O/c1-5(2)6(3)13-7(14-12-4)8(9,10)11/h5-6,12H,1-4H3. The van der Waals surface area contributed by atoms with Crippen LogP contribution in [-0.2, 0) is 4.84 Å². The minimum atomic E-state index is -4.55. The van der Waals surface area contributed by atoms with Crippen molar-refractivity contribution >= 4 is 5.90 Å². The number of hydrogen-bond acceptors (Lipinski definition) is 3. The molecule has 0 aromatic heterocycles. The predicted octanol–water partition coefficient (Wildman–Crippen LogP) is 2.14. The third-order valence-corrected chi connectivity index (χ3v) is 1.73. The Morgan fingerprint density at radius 2 is 1.79 bits per heavy atom. The monoisotopic (exact) mass is 212 g/mol. The maximum absolute atomic E-state index is 12.2. The normalized spacial score (nSPS) is 15.9. The third kappa shape index (κ3) is 4.45. The van der Waals surface area contributed by atoms with E-state index >= 15 is 0 Å². The number of aliphatic imine (C=N–C) groups is 1. The van der Waals surface area contributed by atoms with Crippen LogP contribution in [-0.4, -0.2) is 25.2 Å². The molecule has 0 bridgehead atoms. The first-order valence-corrected chi connectivity index (χ1v) is 4.27. The Labute approximate surface area is 81.3 Å². The van der Waals surface area contributed by atoms with Crippen molar-refractivity contribution in [2.24, 2.45) is 10.9 Å². The largest absolute Gasteiger partial charge is 0.470 e. The zero-order valence-electron chi connectivity index (χ0n) is 8.64. The van der Waals surface area contributed by atoms with Gasteiger partial charge >= 0.3 is 12.1 Å². The summed E-state index contributed by atoms with van der Waals surface area (Å²) >= 11 is 0. The predicted molar refractivity (Wildman–Crippen MR) is 47.9 cm³/mol. The van der Waals surface area contributed by atoms with E-state index in [4.69, 9.17) is 0 Å². The molecule has 0 aromatic rings. The summed E-state index contributed by atoms with van der Waals surface area (Å²) in [5, 5.41) is 0. The zero-order valence-corrected chi connectivity index (χ0v) is 8.64. The Balaban J connectivity index is 4.64. The number of nitrogens with one attached hydrogen (secondary N) is 1. The van der Waals surface area contributed by atoms with Crippen LogP contribution in [0.4, 0.5) is 13.2 Å². The molecule has 3 nitrogen and oxygen atoms in total. The van der Waals surface area contributed by atoms with Crippen molar-refractivity contribution in [1.82, 2.24) is 5.48 Å². The number of rotatable bonds is 3. The van der Waals surface area contributed by atoms with Crippen LogP contribution >= 0.6 is 0 Å². The van der Waals surface area contributed by atoms with Crippen LogP contribution in [0.5, 0.6) is 0 Å². The Bertz CT molecular complexity index is 201. The molecule has 0 saturated carbocycles. The average Bonchev–Trinajstić information content (AvgIpc) is 2.01. The fourth-order valence-corrected chi connectivity index (χ4v) is 0.588. The van der Waals surface area contributed by atoms with Crippen molar-refractivity contribution in [3.8, 4) is 0 Å². The van der Waals surface area contributed by atoms with E-state index in [-0.39, 0.29) is 5.92 Å². The zero-order chi connectivity index (χ0) is 11.4. The van der Waals surface area contributed by atoms with Crippen LogP contribution < -0.4 is 5.48 Å². The lowest BCUT2D eigenvalue weighted by Gasteiger charge is -2.15. The lowest BCUT2D eigenvalue weighted by atomic mass is 10.1. The van der Waals surface area contributed by atoms with Crippen molar-refractivity contribution in [3.63, 3.8) is 0 Å². The molecule has 0 aliphatic heterocycles. The average molecular weight is 212 g/mol. The van der Waals surface area contributed by atoms with Crippen molar-refractivity contribution in [2.75, 3.05) is 7.05 Å². The van der Waals surface area contributed by atoms with E-state index in [0.717, 1.165) is 0 Å². The van der Waals surface area contributed by atoms with Gasteiger partial charge in [-0.25, -0.2) is 4.99 Å². The molecule has 0 saturated heterocycles. The van der Waals surface area contributed by atoms with Crippen LogP contribution in [0.1, 0.15) is 20.8 Å². The van der Waals surface area contributed by atoms with E-state index in [2.05, 4.69) is 9.83 Å². The second-order valence-electron chi connectivity index (χ2n) is 3.22. The van der Waals surface area contributed by atoms with Gasteiger partial charge in [-0.2, -0.15) is 18.7 Å². The second kappa shape index (κ2) is 5.19. The van der Waals surface area contributed by atoms with Gasteiger partial charge in [-0.3, -0.25) is 0 Å². The van der Waals surface area contributed by atoms with E-state index in [9.17, 15) is 13.2 Å². The number of hydrogen-bond donors (Lipinski definition) is 1. The molecule has 1 N–H and O–H groups in total. The van der Waals surface area contributed by atoms with E-state index in [1.807, 2.05) is 5.48 Å². The highest BCUT2D eigenvalue weighted by Gasteiger charge is 2.39. The molecule has 0 amide bonds. The Kier molecular flexibility index (Phi) is 4.90. The number of alkyl halides is 3. The molecule has 6 heteroatoms. The summed E-state index contributed by atoms with van der Waals surface area (Å²) in [6.45, 7) is 5.19. The molecular weight excluding hydrogens is 197 g/mol. The molecule has 0 heterocycles. The third-order valence-electron chi connectivity index (χ3n) is 1.73. The number of hydroxylamine groups is 1. The molecule has 0 aliphatic rings. The first-order valence-electron chi connectivity index (χ1n) is 4.27.